The minimum Gasteiger partial charge on any atom is -0.121 e. The second-order valence-electron chi connectivity index (χ2n) is 7.28. The monoisotopic (exact) mass is 524 g/mol. The van der Waals surface area contributed by atoms with Gasteiger partial charge in [0, 0.05) is 16.0 Å². The SMILES string of the molecule is C#Cc1ccc2c(=C3SC(C)=C(C)S3)c3ccccc3c(=C3SC(SC)=C(SC)S3)c2c1. The molecule has 0 N–H and O–H groups in total. The van der Waals surface area contributed by atoms with Gasteiger partial charge in [0.05, 0.1) is 16.9 Å². The zero-order valence-corrected chi connectivity index (χ0v) is 23.0. The lowest BCUT2D eigenvalue weighted by Gasteiger charge is -2.12. The number of fused-ring (bicyclic) bond motifs is 2. The van der Waals surface area contributed by atoms with Crippen molar-refractivity contribution in [1.29, 1.82) is 0 Å². The van der Waals surface area contributed by atoms with Crippen molar-refractivity contribution in [2.24, 2.45) is 0 Å². The van der Waals surface area contributed by atoms with Crippen LogP contribution in [0, 0.1) is 12.3 Å². The normalized spacial score (nSPS) is 16.7. The topological polar surface area (TPSA) is 0 Å². The highest BCUT2D eigenvalue weighted by molar-refractivity contribution is 8.45. The zero-order chi connectivity index (χ0) is 22.4. The molecular weight excluding hydrogens is 505 g/mol. The summed E-state index contributed by atoms with van der Waals surface area (Å²) >= 11 is 11.3. The summed E-state index contributed by atoms with van der Waals surface area (Å²) in [4.78, 5) is 2.78. The first kappa shape index (κ1) is 22.8. The molecule has 160 valence electrons. The molecule has 0 amide bonds. The fourth-order valence-corrected chi connectivity index (χ4v) is 11.7. The summed E-state index contributed by atoms with van der Waals surface area (Å²) in [5, 5.41) is 7.81. The highest BCUT2D eigenvalue weighted by Gasteiger charge is 2.24. The Morgan fingerprint density at radius 3 is 1.72 bits per heavy atom. The molecular formula is C26H20S6. The minimum absolute atomic E-state index is 0.930. The number of hydrogen-bond acceptors (Lipinski definition) is 6. The van der Waals surface area contributed by atoms with Crippen molar-refractivity contribution in [3.8, 4) is 12.3 Å². The van der Waals surface area contributed by atoms with Gasteiger partial charge in [0.15, 0.2) is 0 Å². The summed E-state index contributed by atoms with van der Waals surface area (Å²) in [5.74, 6) is 2.86. The van der Waals surface area contributed by atoms with Gasteiger partial charge >= 0.3 is 0 Å². The van der Waals surface area contributed by atoms with Crippen LogP contribution in [0.5, 0.6) is 0 Å². The molecule has 0 saturated heterocycles. The smallest absolute Gasteiger partial charge is 0.0657 e. The molecule has 0 radical (unpaired) electrons. The second-order valence-corrected chi connectivity index (χ2v) is 14.4. The van der Waals surface area contributed by atoms with Crippen LogP contribution < -0.4 is 10.4 Å². The van der Waals surface area contributed by atoms with E-state index in [1.165, 1.54) is 58.7 Å². The lowest BCUT2D eigenvalue weighted by molar-refractivity contribution is 1.57. The molecule has 32 heavy (non-hydrogen) atoms. The molecule has 0 bridgehead atoms. The summed E-state index contributed by atoms with van der Waals surface area (Å²) in [6, 6.07) is 15.4. The molecule has 6 heteroatoms. The molecule has 2 aliphatic rings. The van der Waals surface area contributed by atoms with Gasteiger partial charge < -0.3 is 0 Å². The van der Waals surface area contributed by atoms with E-state index in [2.05, 4.69) is 74.7 Å². The predicted octanol–water partition coefficient (Wildman–Crippen LogP) is 8.17. The van der Waals surface area contributed by atoms with Crippen molar-refractivity contribution >= 4 is 101 Å². The third kappa shape index (κ3) is 3.85. The first-order valence-electron chi connectivity index (χ1n) is 9.96. The molecule has 0 atom stereocenters. The largest absolute Gasteiger partial charge is 0.121 e. The Morgan fingerprint density at radius 2 is 1.19 bits per heavy atom. The standard InChI is InChI=1S/C26H20S6/c1-6-16-11-12-19-20(13-16)22(24-31-25(27-4)26(28-5)32-24)18-10-8-7-9-17(18)21(19)23-29-14(2)15(3)30-23/h1,7-13H,2-5H3. The van der Waals surface area contributed by atoms with Crippen LogP contribution in [-0.4, -0.2) is 12.5 Å². The summed E-state index contributed by atoms with van der Waals surface area (Å²) < 4.78 is 5.49. The molecule has 2 heterocycles. The van der Waals surface area contributed by atoms with Crippen LogP contribution in [0.25, 0.3) is 30.0 Å². The molecule has 0 spiro atoms. The van der Waals surface area contributed by atoms with E-state index in [4.69, 9.17) is 6.42 Å². The molecule has 0 aliphatic carbocycles. The highest BCUT2D eigenvalue weighted by atomic mass is 32.3. The molecule has 3 aromatic rings. The maximum absolute atomic E-state index is 5.84. The van der Waals surface area contributed by atoms with Gasteiger partial charge in [0.25, 0.3) is 0 Å². The number of thioether (sulfide) groups is 6. The molecule has 0 fully saturated rings. The van der Waals surface area contributed by atoms with Crippen LogP contribution in [0.15, 0.2) is 60.7 Å². The second kappa shape index (κ2) is 9.37. The fourth-order valence-electron chi connectivity index (χ4n) is 3.88. The van der Waals surface area contributed by atoms with Gasteiger partial charge in [-0.25, -0.2) is 0 Å². The molecule has 0 saturated carbocycles. The lowest BCUT2D eigenvalue weighted by Crippen LogP contribution is -2.17. The van der Waals surface area contributed by atoms with E-state index >= 15 is 0 Å². The van der Waals surface area contributed by atoms with Crippen LogP contribution >= 0.6 is 70.6 Å². The maximum atomic E-state index is 5.84. The Morgan fingerprint density at radius 1 is 0.688 bits per heavy atom. The van der Waals surface area contributed by atoms with E-state index < -0.39 is 0 Å². The van der Waals surface area contributed by atoms with E-state index in [-0.39, 0.29) is 0 Å². The molecule has 0 nitrogen and oxygen atoms in total. The third-order valence-electron chi connectivity index (χ3n) is 5.49. The summed E-state index contributed by atoms with van der Waals surface area (Å²) in [6.07, 6.45) is 10.2. The Balaban J connectivity index is 1.98. The third-order valence-corrected chi connectivity index (χ3v) is 13.4. The van der Waals surface area contributed by atoms with Gasteiger partial charge in [-0.3, -0.25) is 0 Å². The Bertz CT molecular complexity index is 1480. The van der Waals surface area contributed by atoms with Crippen molar-refractivity contribution < 1.29 is 0 Å². The fraction of sp³-hybridized carbons (Fsp3) is 0.154. The average molecular weight is 525 g/mol. The Labute approximate surface area is 214 Å². The number of allylic oxidation sites excluding steroid dienone is 2. The van der Waals surface area contributed by atoms with E-state index in [1.807, 2.05) is 70.6 Å². The van der Waals surface area contributed by atoms with Crippen LogP contribution in [0.1, 0.15) is 19.4 Å². The highest BCUT2D eigenvalue weighted by Crippen LogP contribution is 2.57. The van der Waals surface area contributed by atoms with Crippen LogP contribution in [-0.2, 0) is 0 Å². The maximum Gasteiger partial charge on any atom is 0.0657 e. The number of rotatable bonds is 2. The summed E-state index contributed by atoms with van der Waals surface area (Å²) in [5.41, 5.74) is 0.930. The van der Waals surface area contributed by atoms with E-state index in [1.54, 1.807) is 0 Å². The number of terminal acetylenes is 1. The molecule has 5 rings (SSSR count). The van der Waals surface area contributed by atoms with Crippen molar-refractivity contribution in [2.45, 2.75) is 13.8 Å². The lowest BCUT2D eigenvalue weighted by atomic mass is 9.97. The van der Waals surface area contributed by atoms with Gasteiger partial charge in [-0.2, -0.15) is 0 Å². The van der Waals surface area contributed by atoms with Crippen molar-refractivity contribution in [1.82, 2.24) is 0 Å². The van der Waals surface area contributed by atoms with Crippen LogP contribution in [0.3, 0.4) is 0 Å². The van der Waals surface area contributed by atoms with Crippen LogP contribution in [0.4, 0.5) is 0 Å². The Kier molecular flexibility index (Phi) is 6.68. The van der Waals surface area contributed by atoms with E-state index in [9.17, 15) is 0 Å². The van der Waals surface area contributed by atoms with E-state index in [0.29, 0.717) is 0 Å². The molecule has 3 aromatic carbocycles. The predicted molar refractivity (Wildman–Crippen MR) is 158 cm³/mol. The first-order valence-corrected chi connectivity index (χ1v) is 15.7. The molecule has 0 unspecified atom stereocenters. The average Bonchev–Trinajstić information content (AvgIpc) is 3.38. The summed E-state index contributed by atoms with van der Waals surface area (Å²) in [7, 11) is 0. The summed E-state index contributed by atoms with van der Waals surface area (Å²) in [6.45, 7) is 4.44. The van der Waals surface area contributed by atoms with Gasteiger partial charge in [-0.05, 0) is 69.8 Å². The number of benzene rings is 3. The van der Waals surface area contributed by atoms with Crippen molar-refractivity contribution in [2.75, 3.05) is 12.5 Å². The van der Waals surface area contributed by atoms with Gasteiger partial charge in [0.1, 0.15) is 0 Å². The molecule has 0 aromatic heterocycles. The quantitative estimate of drug-likeness (QED) is 0.243. The van der Waals surface area contributed by atoms with Gasteiger partial charge in [-0.1, -0.05) is 83.3 Å². The van der Waals surface area contributed by atoms with Crippen molar-refractivity contribution in [3.63, 3.8) is 0 Å². The Hall–Kier alpha value is -0.940. The van der Waals surface area contributed by atoms with Crippen LogP contribution in [0.2, 0.25) is 0 Å². The van der Waals surface area contributed by atoms with Gasteiger partial charge in [-0.15, -0.1) is 29.9 Å². The minimum atomic E-state index is 0.930. The number of hydrogen-bond donors (Lipinski definition) is 0. The first-order chi connectivity index (χ1) is 15.5. The van der Waals surface area contributed by atoms with Gasteiger partial charge in [0.2, 0.25) is 0 Å². The zero-order valence-electron chi connectivity index (χ0n) is 18.1. The van der Waals surface area contributed by atoms with Crippen molar-refractivity contribution in [3.05, 3.63) is 76.7 Å². The van der Waals surface area contributed by atoms with E-state index in [0.717, 1.165) is 5.56 Å². The molecule has 2 aliphatic heterocycles.